The van der Waals surface area contributed by atoms with Gasteiger partial charge in [-0.2, -0.15) is 0 Å². The topological polar surface area (TPSA) is 9.23 Å². The van der Waals surface area contributed by atoms with Crippen molar-refractivity contribution < 1.29 is 9.13 Å². The van der Waals surface area contributed by atoms with Crippen LogP contribution in [0.1, 0.15) is 30.9 Å². The van der Waals surface area contributed by atoms with Crippen LogP contribution in [0.5, 0.6) is 0 Å². The van der Waals surface area contributed by atoms with Crippen LogP contribution in [0.2, 0.25) is 0 Å². The largest absolute Gasteiger partial charge is 0.369 e. The zero-order chi connectivity index (χ0) is 10.7. The highest BCUT2D eigenvalue weighted by atomic mass is 127. The Morgan fingerprint density at radius 3 is 2.80 bits per heavy atom. The lowest BCUT2D eigenvalue weighted by Crippen LogP contribution is -2.24. The molecule has 0 heterocycles. The number of ether oxygens (including phenoxy) is 1. The van der Waals surface area contributed by atoms with E-state index in [1.54, 1.807) is 12.1 Å². The zero-order valence-electron chi connectivity index (χ0n) is 8.46. The molecular formula is C12H14FIO. The number of alkyl halides is 1. The summed E-state index contributed by atoms with van der Waals surface area (Å²) >= 11 is 2.29. The minimum absolute atomic E-state index is 0.0478. The number of benzene rings is 1. The van der Waals surface area contributed by atoms with Crippen LogP contribution in [0.25, 0.3) is 0 Å². The maximum Gasteiger partial charge on any atom is 0.123 e. The SMILES string of the molecule is Fc1cccc(C(CI)OC2CCC2)c1. The van der Waals surface area contributed by atoms with Gasteiger partial charge in [0.15, 0.2) is 0 Å². The van der Waals surface area contributed by atoms with E-state index in [4.69, 9.17) is 4.74 Å². The fraction of sp³-hybridized carbons (Fsp3) is 0.500. The van der Waals surface area contributed by atoms with Gasteiger partial charge < -0.3 is 4.74 Å². The third-order valence-electron chi connectivity index (χ3n) is 2.77. The third-order valence-corrected chi connectivity index (χ3v) is 3.57. The summed E-state index contributed by atoms with van der Waals surface area (Å²) in [5, 5.41) is 0. The fourth-order valence-corrected chi connectivity index (χ4v) is 2.37. The zero-order valence-corrected chi connectivity index (χ0v) is 10.6. The van der Waals surface area contributed by atoms with Gasteiger partial charge in [-0.15, -0.1) is 0 Å². The Kier molecular flexibility index (Phi) is 3.97. The second kappa shape index (κ2) is 5.25. The van der Waals surface area contributed by atoms with Crippen LogP contribution in [-0.2, 0) is 4.74 Å². The van der Waals surface area contributed by atoms with Crippen LogP contribution < -0.4 is 0 Å². The van der Waals surface area contributed by atoms with Gasteiger partial charge in [0, 0.05) is 4.43 Å². The Morgan fingerprint density at radius 2 is 2.27 bits per heavy atom. The summed E-state index contributed by atoms with van der Waals surface area (Å²) in [5.41, 5.74) is 0.955. The maximum absolute atomic E-state index is 13.0. The molecule has 82 valence electrons. The van der Waals surface area contributed by atoms with Crippen molar-refractivity contribution in [2.24, 2.45) is 0 Å². The second-order valence-corrected chi connectivity index (χ2v) is 4.77. The summed E-state index contributed by atoms with van der Waals surface area (Å²) in [6, 6.07) is 6.72. The summed E-state index contributed by atoms with van der Waals surface area (Å²) in [7, 11) is 0. The van der Waals surface area contributed by atoms with E-state index in [0.717, 1.165) is 22.8 Å². The first-order chi connectivity index (χ1) is 7.29. The quantitative estimate of drug-likeness (QED) is 0.604. The van der Waals surface area contributed by atoms with E-state index in [2.05, 4.69) is 22.6 Å². The second-order valence-electron chi connectivity index (χ2n) is 3.89. The minimum atomic E-state index is -0.181. The lowest BCUT2D eigenvalue weighted by Gasteiger charge is -2.30. The molecule has 1 aliphatic rings. The van der Waals surface area contributed by atoms with E-state index in [1.807, 2.05) is 6.07 Å². The van der Waals surface area contributed by atoms with E-state index in [0.29, 0.717) is 6.10 Å². The molecule has 0 spiro atoms. The molecule has 1 atom stereocenters. The Bertz CT molecular complexity index is 325. The van der Waals surface area contributed by atoms with Crippen molar-refractivity contribution in [2.45, 2.75) is 31.5 Å². The molecule has 0 saturated heterocycles. The highest BCUT2D eigenvalue weighted by Gasteiger charge is 2.23. The van der Waals surface area contributed by atoms with Crippen molar-refractivity contribution in [1.29, 1.82) is 0 Å². The van der Waals surface area contributed by atoms with Crippen molar-refractivity contribution in [1.82, 2.24) is 0 Å². The standard InChI is InChI=1S/C12H14FIO/c13-10-4-1-3-9(7-10)12(8-14)15-11-5-2-6-11/h1,3-4,7,11-12H,2,5-6,8H2. The van der Waals surface area contributed by atoms with Crippen LogP contribution >= 0.6 is 22.6 Å². The first kappa shape index (κ1) is 11.3. The van der Waals surface area contributed by atoms with Gasteiger partial charge in [-0.25, -0.2) is 4.39 Å². The van der Waals surface area contributed by atoms with Crippen molar-refractivity contribution in [3.05, 3.63) is 35.6 Å². The normalized spacial score (nSPS) is 18.5. The number of hydrogen-bond donors (Lipinski definition) is 0. The van der Waals surface area contributed by atoms with Crippen molar-refractivity contribution in [3.63, 3.8) is 0 Å². The first-order valence-electron chi connectivity index (χ1n) is 5.26. The van der Waals surface area contributed by atoms with Crippen LogP contribution in [0.3, 0.4) is 0 Å². The molecule has 3 heteroatoms. The van der Waals surface area contributed by atoms with Gasteiger partial charge in [-0.05, 0) is 37.0 Å². The fourth-order valence-electron chi connectivity index (χ4n) is 1.65. The van der Waals surface area contributed by atoms with Gasteiger partial charge in [0.25, 0.3) is 0 Å². The number of halogens is 2. The molecule has 1 aromatic carbocycles. The average Bonchev–Trinajstić information content (AvgIpc) is 2.16. The van der Waals surface area contributed by atoms with Gasteiger partial charge in [-0.1, -0.05) is 34.7 Å². The van der Waals surface area contributed by atoms with Gasteiger partial charge in [0.2, 0.25) is 0 Å². The predicted molar refractivity (Wildman–Crippen MR) is 66.8 cm³/mol. The summed E-state index contributed by atoms with van der Waals surface area (Å²) in [5.74, 6) is -0.181. The molecule has 0 aliphatic heterocycles. The summed E-state index contributed by atoms with van der Waals surface area (Å²) in [4.78, 5) is 0. The molecule has 0 N–H and O–H groups in total. The molecule has 15 heavy (non-hydrogen) atoms. The van der Waals surface area contributed by atoms with Gasteiger partial charge in [-0.3, -0.25) is 0 Å². The maximum atomic E-state index is 13.0. The lowest BCUT2D eigenvalue weighted by atomic mass is 9.96. The molecule has 1 nitrogen and oxygen atoms in total. The van der Waals surface area contributed by atoms with E-state index in [1.165, 1.54) is 12.5 Å². The van der Waals surface area contributed by atoms with Crippen LogP contribution in [0.4, 0.5) is 4.39 Å². The van der Waals surface area contributed by atoms with Gasteiger partial charge >= 0.3 is 0 Å². The molecule has 0 bridgehead atoms. The molecule has 1 unspecified atom stereocenters. The van der Waals surface area contributed by atoms with Crippen LogP contribution in [0, 0.1) is 5.82 Å². The van der Waals surface area contributed by atoms with Crippen molar-refractivity contribution in [2.75, 3.05) is 4.43 Å². The molecule has 0 aromatic heterocycles. The molecule has 1 aromatic rings. The third kappa shape index (κ3) is 2.91. The molecule has 0 radical (unpaired) electrons. The molecule has 1 saturated carbocycles. The monoisotopic (exact) mass is 320 g/mol. The Morgan fingerprint density at radius 1 is 1.47 bits per heavy atom. The summed E-state index contributed by atoms with van der Waals surface area (Å²) in [6.45, 7) is 0. The minimum Gasteiger partial charge on any atom is -0.369 e. The van der Waals surface area contributed by atoms with Crippen LogP contribution in [0.15, 0.2) is 24.3 Å². The van der Waals surface area contributed by atoms with Gasteiger partial charge in [0.1, 0.15) is 5.82 Å². The van der Waals surface area contributed by atoms with E-state index >= 15 is 0 Å². The Labute approximate surface area is 103 Å². The molecule has 1 aliphatic carbocycles. The molecular weight excluding hydrogens is 306 g/mol. The first-order valence-corrected chi connectivity index (χ1v) is 6.79. The Balaban J connectivity index is 2.04. The lowest BCUT2D eigenvalue weighted by molar-refractivity contribution is -0.0412. The average molecular weight is 320 g/mol. The summed E-state index contributed by atoms with van der Waals surface area (Å²) < 4.78 is 19.8. The summed E-state index contributed by atoms with van der Waals surface area (Å²) in [6.07, 6.45) is 4.02. The smallest absolute Gasteiger partial charge is 0.123 e. The van der Waals surface area contributed by atoms with Gasteiger partial charge in [0.05, 0.1) is 12.2 Å². The highest BCUT2D eigenvalue weighted by Crippen LogP contribution is 2.30. The highest BCUT2D eigenvalue weighted by molar-refractivity contribution is 14.1. The number of rotatable bonds is 4. The molecule has 0 amide bonds. The molecule has 1 fully saturated rings. The van der Waals surface area contributed by atoms with Crippen LogP contribution in [-0.4, -0.2) is 10.5 Å². The van der Waals surface area contributed by atoms with Crippen molar-refractivity contribution >= 4 is 22.6 Å². The Hall–Kier alpha value is -0.160. The van der Waals surface area contributed by atoms with E-state index < -0.39 is 0 Å². The van der Waals surface area contributed by atoms with Crippen molar-refractivity contribution in [3.8, 4) is 0 Å². The number of hydrogen-bond acceptors (Lipinski definition) is 1. The van der Waals surface area contributed by atoms with E-state index in [-0.39, 0.29) is 11.9 Å². The van der Waals surface area contributed by atoms with E-state index in [9.17, 15) is 4.39 Å². The molecule has 2 rings (SSSR count). The predicted octanol–water partition coefficient (Wildman–Crippen LogP) is 3.87.